The van der Waals surface area contributed by atoms with Gasteiger partial charge in [-0.2, -0.15) is 0 Å². The van der Waals surface area contributed by atoms with E-state index in [1.807, 2.05) is 0 Å². The molecule has 0 aliphatic heterocycles. The molecule has 108 valence electrons. The van der Waals surface area contributed by atoms with Crippen LogP contribution in [0, 0.1) is 0 Å². The van der Waals surface area contributed by atoms with Gasteiger partial charge in [0, 0.05) is 53.5 Å². The highest BCUT2D eigenvalue weighted by Gasteiger charge is 2.05. The van der Waals surface area contributed by atoms with Gasteiger partial charge >= 0.3 is 0 Å². The first kappa shape index (κ1) is 17.7. The maximum atomic E-state index is 5.53. The van der Waals surface area contributed by atoms with Gasteiger partial charge in [-0.25, -0.2) is 0 Å². The molecular weight excluding hydrogens is 252 g/mol. The highest BCUT2D eigenvalue weighted by molar-refractivity contribution is 7.80. The number of nitrogens with two attached hydrogens (primary N) is 1. The van der Waals surface area contributed by atoms with Crippen molar-refractivity contribution in [2.45, 2.75) is 12.8 Å². The summed E-state index contributed by atoms with van der Waals surface area (Å²) >= 11 is 4.88. The number of hydrogen-bond donors (Lipinski definition) is 1. The molecule has 0 saturated heterocycles. The van der Waals surface area contributed by atoms with E-state index in [0.717, 1.165) is 45.7 Å². The van der Waals surface area contributed by atoms with E-state index < -0.39 is 0 Å². The van der Waals surface area contributed by atoms with E-state index in [1.54, 1.807) is 14.2 Å². The molecule has 0 fully saturated rings. The molecule has 5 nitrogen and oxygen atoms in total. The van der Waals surface area contributed by atoms with Crippen LogP contribution in [0.3, 0.4) is 0 Å². The highest BCUT2D eigenvalue weighted by Crippen LogP contribution is 1.94. The molecular formula is C12H26N2O3S. The van der Waals surface area contributed by atoms with Crippen LogP contribution in [-0.2, 0) is 14.2 Å². The van der Waals surface area contributed by atoms with Crippen LogP contribution in [0.25, 0.3) is 0 Å². The quantitative estimate of drug-likeness (QED) is 0.395. The molecule has 0 atom stereocenters. The maximum absolute atomic E-state index is 5.53. The van der Waals surface area contributed by atoms with E-state index in [4.69, 9.17) is 32.2 Å². The number of methoxy groups -OCH3 is 2. The van der Waals surface area contributed by atoms with Gasteiger partial charge in [0.2, 0.25) is 0 Å². The third kappa shape index (κ3) is 12.2. The average Bonchev–Trinajstić information content (AvgIpc) is 2.35. The summed E-state index contributed by atoms with van der Waals surface area (Å²) in [6.45, 7) is 5.52. The zero-order chi connectivity index (χ0) is 13.6. The predicted octanol–water partition coefficient (Wildman–Crippen LogP) is 0.664. The van der Waals surface area contributed by atoms with Gasteiger partial charge in [0.25, 0.3) is 0 Å². The molecule has 0 radical (unpaired) electrons. The molecule has 0 aromatic rings. The lowest BCUT2D eigenvalue weighted by Crippen LogP contribution is -2.33. The van der Waals surface area contributed by atoms with Gasteiger partial charge in [-0.15, -0.1) is 0 Å². The summed E-state index contributed by atoms with van der Waals surface area (Å²) in [4.78, 5) is 2.80. The lowest BCUT2D eigenvalue weighted by atomic mass is 10.3. The minimum absolute atomic E-state index is 0.554. The van der Waals surface area contributed by atoms with E-state index >= 15 is 0 Å². The van der Waals surface area contributed by atoms with Crippen molar-refractivity contribution in [2.24, 2.45) is 5.73 Å². The van der Waals surface area contributed by atoms with Crippen LogP contribution in [0.4, 0.5) is 0 Å². The van der Waals surface area contributed by atoms with E-state index in [2.05, 4.69) is 4.90 Å². The van der Waals surface area contributed by atoms with Crippen LogP contribution >= 0.6 is 12.2 Å². The summed E-state index contributed by atoms with van der Waals surface area (Å²) in [6.07, 6.45) is 1.67. The summed E-state index contributed by atoms with van der Waals surface area (Å²) in [5.41, 5.74) is 5.51. The lowest BCUT2D eigenvalue weighted by Gasteiger charge is -2.21. The number of thiocarbonyl (C=S) groups is 1. The Morgan fingerprint density at radius 1 is 1.00 bits per heavy atom. The monoisotopic (exact) mass is 278 g/mol. The Kier molecular flexibility index (Phi) is 13.0. The van der Waals surface area contributed by atoms with Crippen molar-refractivity contribution in [3.05, 3.63) is 0 Å². The van der Waals surface area contributed by atoms with Crippen molar-refractivity contribution in [3.63, 3.8) is 0 Å². The van der Waals surface area contributed by atoms with Crippen molar-refractivity contribution in [3.8, 4) is 0 Å². The third-order valence-corrected chi connectivity index (χ3v) is 2.68. The first-order valence-corrected chi connectivity index (χ1v) is 6.67. The van der Waals surface area contributed by atoms with Gasteiger partial charge in [0.1, 0.15) is 0 Å². The molecule has 0 rings (SSSR count). The van der Waals surface area contributed by atoms with Crippen LogP contribution < -0.4 is 5.73 Å². The summed E-state index contributed by atoms with van der Waals surface area (Å²) in [6, 6.07) is 0. The minimum Gasteiger partial charge on any atom is -0.393 e. The fraction of sp³-hybridized carbons (Fsp3) is 0.917. The van der Waals surface area contributed by atoms with Crippen LogP contribution in [0.2, 0.25) is 0 Å². The molecule has 0 aliphatic rings. The topological polar surface area (TPSA) is 57.0 Å². The van der Waals surface area contributed by atoms with Crippen molar-refractivity contribution in [1.29, 1.82) is 0 Å². The number of hydrogen-bond acceptors (Lipinski definition) is 5. The number of rotatable bonds is 13. The van der Waals surface area contributed by atoms with Crippen LogP contribution in [-0.4, -0.2) is 70.2 Å². The fourth-order valence-corrected chi connectivity index (χ4v) is 1.52. The largest absolute Gasteiger partial charge is 0.393 e. The van der Waals surface area contributed by atoms with Gasteiger partial charge in [-0.05, 0) is 6.42 Å². The summed E-state index contributed by atoms with van der Waals surface area (Å²) in [7, 11) is 3.40. The Hall–Kier alpha value is -0.270. The second-order valence-corrected chi connectivity index (χ2v) is 4.53. The predicted molar refractivity (Wildman–Crippen MR) is 77.0 cm³/mol. The number of nitrogens with zero attached hydrogens (tertiary/aromatic N) is 1. The molecule has 0 unspecified atom stereocenters. The summed E-state index contributed by atoms with van der Waals surface area (Å²) < 4.78 is 15.6. The molecule has 0 aromatic heterocycles. The van der Waals surface area contributed by atoms with E-state index in [9.17, 15) is 0 Å². The second kappa shape index (κ2) is 13.2. The molecule has 0 aromatic carbocycles. The fourth-order valence-electron chi connectivity index (χ4n) is 1.43. The van der Waals surface area contributed by atoms with Crippen molar-refractivity contribution in [2.75, 3.05) is 60.3 Å². The van der Waals surface area contributed by atoms with Gasteiger partial charge < -0.3 is 19.9 Å². The van der Waals surface area contributed by atoms with Gasteiger partial charge in [-0.1, -0.05) is 12.2 Å². The molecule has 0 bridgehead atoms. The zero-order valence-corrected chi connectivity index (χ0v) is 12.3. The average molecular weight is 278 g/mol. The zero-order valence-electron chi connectivity index (χ0n) is 11.5. The summed E-state index contributed by atoms with van der Waals surface area (Å²) in [5, 5.41) is 0. The lowest BCUT2D eigenvalue weighted by molar-refractivity contribution is 0.0754. The standard InChI is InChI=1S/C12H26N2O3S/c1-15-8-3-9-17-11-7-14(6-10-16-2)5-4-12(13)18/h3-11H2,1-2H3,(H2,13,18). The molecule has 0 heterocycles. The third-order valence-electron chi connectivity index (χ3n) is 2.48. The number of ether oxygens (including phenoxy) is 3. The van der Waals surface area contributed by atoms with Crippen LogP contribution in [0.15, 0.2) is 0 Å². The van der Waals surface area contributed by atoms with Gasteiger partial charge in [0.05, 0.1) is 18.2 Å². The Labute approximate surface area is 116 Å². The SMILES string of the molecule is COCCCOCCN(CCOC)CCC(N)=S. The van der Waals surface area contributed by atoms with E-state index in [1.165, 1.54) is 0 Å². The summed E-state index contributed by atoms with van der Waals surface area (Å²) in [5.74, 6) is 0. The van der Waals surface area contributed by atoms with E-state index in [-0.39, 0.29) is 0 Å². The molecule has 0 aliphatic carbocycles. The Morgan fingerprint density at radius 3 is 2.28 bits per heavy atom. The van der Waals surface area contributed by atoms with Gasteiger partial charge in [0.15, 0.2) is 0 Å². The molecule has 0 saturated carbocycles. The van der Waals surface area contributed by atoms with Crippen molar-refractivity contribution < 1.29 is 14.2 Å². The minimum atomic E-state index is 0.554. The van der Waals surface area contributed by atoms with Gasteiger partial charge in [-0.3, -0.25) is 4.90 Å². The Balaban J connectivity index is 3.61. The normalized spacial score (nSPS) is 11.1. The first-order valence-electron chi connectivity index (χ1n) is 6.27. The van der Waals surface area contributed by atoms with Crippen LogP contribution in [0.5, 0.6) is 0 Å². The molecule has 0 spiro atoms. The first-order chi connectivity index (χ1) is 8.70. The maximum Gasteiger partial charge on any atom is 0.0740 e. The van der Waals surface area contributed by atoms with E-state index in [0.29, 0.717) is 18.2 Å². The Bertz CT molecular complexity index is 206. The van der Waals surface area contributed by atoms with Crippen LogP contribution in [0.1, 0.15) is 12.8 Å². The van der Waals surface area contributed by atoms with Crippen molar-refractivity contribution >= 4 is 17.2 Å². The molecule has 0 amide bonds. The molecule has 18 heavy (non-hydrogen) atoms. The highest BCUT2D eigenvalue weighted by atomic mass is 32.1. The molecule has 2 N–H and O–H groups in total. The second-order valence-electron chi connectivity index (χ2n) is 4.01. The smallest absolute Gasteiger partial charge is 0.0740 e. The Morgan fingerprint density at radius 2 is 1.67 bits per heavy atom. The molecule has 6 heteroatoms. The van der Waals surface area contributed by atoms with Crippen molar-refractivity contribution in [1.82, 2.24) is 4.90 Å².